The Morgan fingerprint density at radius 3 is 2.67 bits per heavy atom. The van der Waals surface area contributed by atoms with E-state index in [1.54, 1.807) is 41.9 Å². The average Bonchev–Trinajstić information content (AvgIpc) is 3.06. The topological polar surface area (TPSA) is 66.7 Å². The van der Waals surface area contributed by atoms with Gasteiger partial charge >= 0.3 is 0 Å². The van der Waals surface area contributed by atoms with Crippen LogP contribution in [0.1, 0.15) is 0 Å². The number of nitrogens with zero attached hydrogens (tertiary/aromatic N) is 3. The summed E-state index contributed by atoms with van der Waals surface area (Å²) >= 11 is 1.39. The minimum Gasteiger partial charge on any atom is -0.371 e. The van der Waals surface area contributed by atoms with Crippen LogP contribution in [0.25, 0.3) is 4.96 Å². The summed E-state index contributed by atoms with van der Waals surface area (Å²) in [7, 11) is -0.512. The van der Waals surface area contributed by atoms with E-state index in [2.05, 4.69) is 10.3 Å². The lowest BCUT2D eigenvalue weighted by molar-refractivity contribution is 0.590. The number of thiazole rings is 1. The van der Waals surface area contributed by atoms with Gasteiger partial charge in [-0.2, -0.15) is 8.42 Å². The Morgan fingerprint density at radius 1 is 1.29 bits per heavy atom. The van der Waals surface area contributed by atoms with Crippen molar-refractivity contribution in [2.24, 2.45) is 0 Å². The molecule has 0 saturated heterocycles. The lowest BCUT2D eigenvalue weighted by Crippen LogP contribution is -2.28. The third-order valence-corrected chi connectivity index (χ3v) is 5.75. The molecular formula is C13H14N4O2S2. The quantitative estimate of drug-likeness (QED) is 0.800. The summed E-state index contributed by atoms with van der Waals surface area (Å²) in [6.45, 7) is 0. The Kier molecular flexibility index (Phi) is 3.34. The average molecular weight is 322 g/mol. The molecule has 8 heteroatoms. The monoisotopic (exact) mass is 322 g/mol. The zero-order valence-electron chi connectivity index (χ0n) is 11.5. The number of para-hydroxylation sites is 1. The molecule has 2 aromatic heterocycles. The first-order valence-electron chi connectivity index (χ1n) is 6.23. The number of benzene rings is 1. The molecule has 3 aromatic rings. The smallest absolute Gasteiger partial charge is 0.283 e. The number of imidazole rings is 1. The molecule has 0 aliphatic carbocycles. The SMILES string of the molecule is CNc1nc2sccn2c1S(=O)(=O)N(C)c1ccccc1. The van der Waals surface area contributed by atoms with Gasteiger partial charge < -0.3 is 5.32 Å². The highest BCUT2D eigenvalue weighted by molar-refractivity contribution is 7.92. The molecule has 2 heterocycles. The molecule has 0 bridgehead atoms. The molecular weight excluding hydrogens is 308 g/mol. The van der Waals surface area contributed by atoms with Crippen molar-refractivity contribution in [3.63, 3.8) is 0 Å². The van der Waals surface area contributed by atoms with Crippen LogP contribution < -0.4 is 9.62 Å². The van der Waals surface area contributed by atoms with Crippen LogP contribution in [0.5, 0.6) is 0 Å². The van der Waals surface area contributed by atoms with Crippen molar-refractivity contribution in [2.45, 2.75) is 5.03 Å². The Bertz CT molecular complexity index is 868. The van der Waals surface area contributed by atoms with Crippen molar-refractivity contribution in [2.75, 3.05) is 23.7 Å². The molecule has 0 amide bonds. The molecule has 21 heavy (non-hydrogen) atoms. The van der Waals surface area contributed by atoms with Crippen molar-refractivity contribution in [1.29, 1.82) is 0 Å². The second-order valence-electron chi connectivity index (χ2n) is 4.38. The van der Waals surface area contributed by atoms with Gasteiger partial charge in [-0.1, -0.05) is 18.2 Å². The van der Waals surface area contributed by atoms with Crippen molar-refractivity contribution in [3.05, 3.63) is 41.9 Å². The Labute approximate surface area is 126 Å². The predicted molar refractivity (Wildman–Crippen MR) is 84.6 cm³/mol. The van der Waals surface area contributed by atoms with E-state index in [4.69, 9.17) is 0 Å². The second-order valence-corrected chi connectivity index (χ2v) is 7.14. The standard InChI is InChI=1S/C13H14N4O2S2/c1-14-11-12(17-8-9-20-13(17)15-11)21(18,19)16(2)10-6-4-3-5-7-10/h3-9,14H,1-2H3. The maximum atomic E-state index is 12.9. The van der Waals surface area contributed by atoms with E-state index in [1.807, 2.05) is 11.4 Å². The highest BCUT2D eigenvalue weighted by Gasteiger charge is 2.29. The molecule has 0 aliphatic heterocycles. The van der Waals surface area contributed by atoms with E-state index < -0.39 is 10.0 Å². The molecule has 6 nitrogen and oxygen atoms in total. The van der Waals surface area contributed by atoms with E-state index in [-0.39, 0.29) is 5.03 Å². The molecule has 0 spiro atoms. The predicted octanol–water partition coefficient (Wildman–Crippen LogP) is 2.26. The fraction of sp³-hybridized carbons (Fsp3) is 0.154. The highest BCUT2D eigenvalue weighted by Crippen LogP contribution is 2.29. The first-order valence-corrected chi connectivity index (χ1v) is 8.55. The minimum atomic E-state index is -3.71. The van der Waals surface area contributed by atoms with E-state index >= 15 is 0 Å². The summed E-state index contributed by atoms with van der Waals surface area (Å²) in [5, 5.41) is 4.81. The molecule has 3 rings (SSSR count). The van der Waals surface area contributed by atoms with E-state index in [9.17, 15) is 8.42 Å². The van der Waals surface area contributed by atoms with Gasteiger partial charge in [0.1, 0.15) is 0 Å². The van der Waals surface area contributed by atoms with Gasteiger partial charge in [-0.15, -0.1) is 11.3 Å². The molecule has 0 aliphatic rings. The number of aromatic nitrogens is 2. The lowest BCUT2D eigenvalue weighted by Gasteiger charge is -2.19. The van der Waals surface area contributed by atoms with Crippen molar-refractivity contribution >= 4 is 37.8 Å². The number of anilines is 2. The zero-order valence-corrected chi connectivity index (χ0v) is 13.1. The van der Waals surface area contributed by atoms with Gasteiger partial charge in [0.2, 0.25) is 5.03 Å². The number of nitrogens with one attached hydrogen (secondary N) is 1. The maximum Gasteiger partial charge on any atom is 0.283 e. The van der Waals surface area contributed by atoms with Gasteiger partial charge in [0.25, 0.3) is 10.0 Å². The third kappa shape index (κ3) is 2.16. The highest BCUT2D eigenvalue weighted by atomic mass is 32.2. The number of rotatable bonds is 4. The summed E-state index contributed by atoms with van der Waals surface area (Å²) in [6, 6.07) is 8.96. The summed E-state index contributed by atoms with van der Waals surface area (Å²) in [6.07, 6.45) is 1.71. The van der Waals surface area contributed by atoms with Crippen molar-refractivity contribution in [3.8, 4) is 0 Å². The van der Waals surface area contributed by atoms with Crippen molar-refractivity contribution < 1.29 is 8.42 Å². The first-order chi connectivity index (χ1) is 10.1. The van der Waals surface area contributed by atoms with Crippen LogP contribution in [-0.4, -0.2) is 31.9 Å². The molecule has 1 aromatic carbocycles. The molecule has 0 radical (unpaired) electrons. The van der Waals surface area contributed by atoms with Crippen molar-refractivity contribution in [1.82, 2.24) is 9.38 Å². The second kappa shape index (κ2) is 5.05. The molecule has 0 saturated carbocycles. The normalized spacial score (nSPS) is 11.7. The van der Waals surface area contributed by atoms with Crippen LogP contribution in [0.3, 0.4) is 0 Å². The molecule has 0 fully saturated rings. The summed E-state index contributed by atoms with van der Waals surface area (Å²) in [5.74, 6) is 0.352. The van der Waals surface area contributed by atoms with E-state index in [1.165, 1.54) is 22.7 Å². The molecule has 0 unspecified atom stereocenters. The largest absolute Gasteiger partial charge is 0.371 e. The van der Waals surface area contributed by atoms with E-state index in [0.717, 1.165) is 0 Å². The summed E-state index contributed by atoms with van der Waals surface area (Å²) in [5.41, 5.74) is 0.602. The van der Waals surface area contributed by atoms with Gasteiger partial charge in [0.15, 0.2) is 10.8 Å². The zero-order chi connectivity index (χ0) is 15.0. The Hall–Kier alpha value is -2.06. The van der Waals surface area contributed by atoms with Crippen LogP contribution in [0.15, 0.2) is 46.9 Å². The number of fused-ring (bicyclic) bond motifs is 1. The molecule has 110 valence electrons. The number of hydrogen-bond donors (Lipinski definition) is 1. The lowest BCUT2D eigenvalue weighted by atomic mass is 10.3. The molecule has 0 atom stereocenters. The third-order valence-electron chi connectivity index (χ3n) is 3.18. The fourth-order valence-electron chi connectivity index (χ4n) is 2.08. The van der Waals surface area contributed by atoms with E-state index in [0.29, 0.717) is 16.5 Å². The van der Waals surface area contributed by atoms with Crippen LogP contribution in [-0.2, 0) is 10.0 Å². The van der Waals surface area contributed by atoms with Crippen LogP contribution in [0.2, 0.25) is 0 Å². The van der Waals surface area contributed by atoms with Gasteiger partial charge in [0.05, 0.1) is 5.69 Å². The molecule has 1 N–H and O–H groups in total. The first kappa shape index (κ1) is 13.9. The van der Waals surface area contributed by atoms with Gasteiger partial charge in [-0.3, -0.25) is 8.71 Å². The Morgan fingerprint density at radius 2 is 2.00 bits per heavy atom. The number of hydrogen-bond acceptors (Lipinski definition) is 5. The van der Waals surface area contributed by atoms with Crippen LogP contribution in [0.4, 0.5) is 11.5 Å². The van der Waals surface area contributed by atoms with Gasteiger partial charge in [-0.25, -0.2) is 4.98 Å². The van der Waals surface area contributed by atoms with Gasteiger partial charge in [0, 0.05) is 25.7 Å². The fourth-order valence-corrected chi connectivity index (χ4v) is 4.30. The summed E-state index contributed by atoms with van der Waals surface area (Å²) in [4.78, 5) is 4.94. The maximum absolute atomic E-state index is 12.9. The Balaban J connectivity index is 2.18. The minimum absolute atomic E-state index is 0.146. The van der Waals surface area contributed by atoms with Crippen LogP contribution >= 0.6 is 11.3 Å². The van der Waals surface area contributed by atoms with Crippen LogP contribution in [0, 0.1) is 0 Å². The van der Waals surface area contributed by atoms with Gasteiger partial charge in [-0.05, 0) is 12.1 Å². The summed E-state index contributed by atoms with van der Waals surface area (Å²) < 4.78 is 28.7. The number of sulfonamides is 1.